The second-order valence-electron chi connectivity index (χ2n) is 4.62. The molecule has 5 nitrogen and oxygen atoms in total. The summed E-state index contributed by atoms with van der Waals surface area (Å²) < 4.78 is 15.9. The molecule has 0 atom stereocenters. The summed E-state index contributed by atoms with van der Waals surface area (Å²) in [6.45, 7) is 4.59. The van der Waals surface area contributed by atoms with Gasteiger partial charge in [-0.25, -0.2) is 0 Å². The van der Waals surface area contributed by atoms with Gasteiger partial charge in [-0.05, 0) is 37.0 Å². The first-order valence-electron chi connectivity index (χ1n) is 6.12. The minimum atomic E-state index is -0.849. The van der Waals surface area contributed by atoms with Crippen molar-refractivity contribution in [2.24, 2.45) is 0 Å². The molecule has 1 aromatic heterocycles. The van der Waals surface area contributed by atoms with Crippen molar-refractivity contribution in [2.75, 3.05) is 0 Å². The summed E-state index contributed by atoms with van der Waals surface area (Å²) in [5.74, 6) is 1.46. The van der Waals surface area contributed by atoms with E-state index in [2.05, 4.69) is 5.16 Å². The lowest BCUT2D eigenvalue weighted by Crippen LogP contribution is -2.27. The van der Waals surface area contributed by atoms with E-state index in [0.29, 0.717) is 19.0 Å². The van der Waals surface area contributed by atoms with Crippen molar-refractivity contribution in [3.63, 3.8) is 0 Å². The zero-order valence-corrected chi connectivity index (χ0v) is 10.8. The summed E-state index contributed by atoms with van der Waals surface area (Å²) in [5, 5.41) is 13.5. The Morgan fingerprint density at radius 1 is 1.42 bits per heavy atom. The highest BCUT2D eigenvalue weighted by atomic mass is 16.5. The maximum atomic E-state index is 9.64. The molecule has 0 unspecified atom stereocenters. The van der Waals surface area contributed by atoms with Crippen molar-refractivity contribution < 1.29 is 18.9 Å². The molecule has 3 rings (SSSR count). The first-order valence-corrected chi connectivity index (χ1v) is 6.12. The maximum absolute atomic E-state index is 9.64. The Morgan fingerprint density at radius 2 is 2.26 bits per heavy atom. The topological polar surface area (TPSA) is 64.7 Å². The zero-order chi connectivity index (χ0) is 13.4. The Hall–Kier alpha value is -1.79. The van der Waals surface area contributed by atoms with Crippen LogP contribution in [0.5, 0.6) is 5.75 Å². The SMILES string of the molecule is Cc1noc(C)c1COc1ccc2c(c1)B(O)OC2. The fourth-order valence-corrected chi connectivity index (χ4v) is 2.15. The molecule has 2 heterocycles. The van der Waals surface area contributed by atoms with Gasteiger partial charge in [0.25, 0.3) is 0 Å². The number of aryl methyl sites for hydroxylation is 2. The first kappa shape index (κ1) is 12.3. The second-order valence-corrected chi connectivity index (χ2v) is 4.62. The standard InChI is InChI=1S/C13H14BNO4/c1-8-12(9(2)19-15-8)7-17-11-4-3-10-6-18-14(16)13(10)5-11/h3-5,16H,6-7H2,1-2H3. The quantitative estimate of drug-likeness (QED) is 0.836. The van der Waals surface area contributed by atoms with E-state index >= 15 is 0 Å². The summed E-state index contributed by atoms with van der Waals surface area (Å²) >= 11 is 0. The highest BCUT2D eigenvalue weighted by Gasteiger charge is 2.27. The molecule has 1 N–H and O–H groups in total. The molecule has 98 valence electrons. The summed E-state index contributed by atoms with van der Waals surface area (Å²) in [6, 6.07) is 5.60. The number of hydrogen-bond donors (Lipinski definition) is 1. The number of ether oxygens (including phenoxy) is 1. The van der Waals surface area contributed by atoms with E-state index in [0.717, 1.165) is 28.0 Å². The molecule has 0 radical (unpaired) electrons. The van der Waals surface area contributed by atoms with Crippen molar-refractivity contribution >= 4 is 12.6 Å². The van der Waals surface area contributed by atoms with Gasteiger partial charge < -0.3 is 18.9 Å². The molecule has 1 aliphatic rings. The van der Waals surface area contributed by atoms with Crippen LogP contribution in [0, 0.1) is 13.8 Å². The molecule has 0 spiro atoms. The molecular formula is C13H14BNO4. The van der Waals surface area contributed by atoms with Crippen LogP contribution in [0.1, 0.15) is 22.6 Å². The largest absolute Gasteiger partial charge is 0.491 e. The van der Waals surface area contributed by atoms with Crippen molar-refractivity contribution in [3.8, 4) is 5.75 Å². The van der Waals surface area contributed by atoms with E-state index < -0.39 is 7.12 Å². The van der Waals surface area contributed by atoms with Crippen molar-refractivity contribution in [2.45, 2.75) is 27.1 Å². The highest BCUT2D eigenvalue weighted by Crippen LogP contribution is 2.19. The van der Waals surface area contributed by atoms with E-state index in [4.69, 9.17) is 13.9 Å². The van der Waals surface area contributed by atoms with Crippen LogP contribution in [0.3, 0.4) is 0 Å². The van der Waals surface area contributed by atoms with Gasteiger partial charge in [-0.3, -0.25) is 0 Å². The molecule has 6 heteroatoms. The number of rotatable bonds is 3. The van der Waals surface area contributed by atoms with E-state index in [-0.39, 0.29) is 0 Å². The summed E-state index contributed by atoms with van der Waals surface area (Å²) in [5.41, 5.74) is 3.56. The lowest BCUT2D eigenvalue weighted by molar-refractivity contribution is 0.275. The Bertz CT molecular complexity index is 591. The number of aromatic nitrogens is 1. The van der Waals surface area contributed by atoms with Gasteiger partial charge in [0.1, 0.15) is 18.1 Å². The van der Waals surface area contributed by atoms with Crippen molar-refractivity contribution in [1.82, 2.24) is 5.16 Å². The Labute approximate surface area is 111 Å². The minimum Gasteiger partial charge on any atom is -0.489 e. The Kier molecular flexibility index (Phi) is 3.04. The van der Waals surface area contributed by atoms with E-state index in [1.807, 2.05) is 32.0 Å². The molecule has 1 aliphatic heterocycles. The van der Waals surface area contributed by atoms with E-state index in [1.165, 1.54) is 0 Å². The predicted molar refractivity (Wildman–Crippen MR) is 69.1 cm³/mol. The fraction of sp³-hybridized carbons (Fsp3) is 0.308. The van der Waals surface area contributed by atoms with Gasteiger partial charge in [0.2, 0.25) is 0 Å². The first-order chi connectivity index (χ1) is 9.15. The lowest BCUT2D eigenvalue weighted by Gasteiger charge is -2.07. The zero-order valence-electron chi connectivity index (χ0n) is 10.8. The maximum Gasteiger partial charge on any atom is 0.491 e. The van der Waals surface area contributed by atoms with E-state index in [1.54, 1.807) is 0 Å². The summed E-state index contributed by atoms with van der Waals surface area (Å²) in [7, 11) is -0.849. The van der Waals surface area contributed by atoms with Gasteiger partial charge >= 0.3 is 7.12 Å². The third-order valence-electron chi connectivity index (χ3n) is 3.34. The van der Waals surface area contributed by atoms with Crippen LogP contribution < -0.4 is 10.2 Å². The molecule has 0 aliphatic carbocycles. The Morgan fingerprint density at radius 3 is 3.00 bits per heavy atom. The van der Waals surface area contributed by atoms with Crippen LogP contribution in [-0.2, 0) is 17.9 Å². The molecule has 0 saturated heterocycles. The van der Waals surface area contributed by atoms with Crippen molar-refractivity contribution in [3.05, 3.63) is 40.8 Å². The fourth-order valence-electron chi connectivity index (χ4n) is 2.15. The monoisotopic (exact) mass is 259 g/mol. The summed E-state index contributed by atoms with van der Waals surface area (Å²) in [4.78, 5) is 0. The smallest absolute Gasteiger partial charge is 0.489 e. The number of benzene rings is 1. The predicted octanol–water partition coefficient (Wildman–Crippen LogP) is 1.09. The number of fused-ring (bicyclic) bond motifs is 1. The van der Waals surface area contributed by atoms with Crippen LogP contribution in [0.2, 0.25) is 0 Å². The van der Waals surface area contributed by atoms with Crippen LogP contribution in [0.25, 0.3) is 0 Å². The lowest BCUT2D eigenvalue weighted by atomic mass is 9.79. The molecule has 0 fully saturated rings. The highest BCUT2D eigenvalue weighted by molar-refractivity contribution is 6.61. The third-order valence-corrected chi connectivity index (χ3v) is 3.34. The molecule has 0 saturated carbocycles. The van der Waals surface area contributed by atoms with Gasteiger partial charge in [-0.1, -0.05) is 11.2 Å². The molecule has 0 amide bonds. The number of nitrogens with zero attached hydrogens (tertiary/aromatic N) is 1. The van der Waals surface area contributed by atoms with Gasteiger partial charge in [0.05, 0.1) is 17.9 Å². The van der Waals surface area contributed by atoms with Gasteiger partial charge in [-0.15, -0.1) is 0 Å². The minimum absolute atomic E-state index is 0.400. The average Bonchev–Trinajstić information content (AvgIpc) is 2.92. The third kappa shape index (κ3) is 2.24. The molecular weight excluding hydrogens is 245 g/mol. The van der Waals surface area contributed by atoms with Gasteiger partial charge in [-0.2, -0.15) is 0 Å². The van der Waals surface area contributed by atoms with Gasteiger partial charge in [0, 0.05) is 0 Å². The van der Waals surface area contributed by atoms with Crippen LogP contribution in [0.4, 0.5) is 0 Å². The van der Waals surface area contributed by atoms with Crippen LogP contribution >= 0.6 is 0 Å². The number of hydrogen-bond acceptors (Lipinski definition) is 5. The van der Waals surface area contributed by atoms with E-state index in [9.17, 15) is 5.02 Å². The van der Waals surface area contributed by atoms with Crippen LogP contribution in [0.15, 0.2) is 22.7 Å². The normalized spacial score (nSPS) is 13.7. The second kappa shape index (κ2) is 4.72. The average molecular weight is 259 g/mol. The Balaban J connectivity index is 1.76. The van der Waals surface area contributed by atoms with Crippen molar-refractivity contribution in [1.29, 1.82) is 0 Å². The molecule has 0 bridgehead atoms. The molecule has 1 aromatic carbocycles. The molecule has 19 heavy (non-hydrogen) atoms. The van der Waals surface area contributed by atoms with Gasteiger partial charge in [0.15, 0.2) is 0 Å². The summed E-state index contributed by atoms with van der Waals surface area (Å²) in [6.07, 6.45) is 0. The van der Waals surface area contributed by atoms with Crippen LogP contribution in [-0.4, -0.2) is 17.3 Å². The molecule has 2 aromatic rings.